The Morgan fingerprint density at radius 3 is 2.64 bits per heavy atom. The molecular formula is C15H11NO6. The molecule has 2 heterocycles. The zero-order valence-electron chi connectivity index (χ0n) is 11.3. The van der Waals surface area contributed by atoms with Crippen LogP contribution in [0.1, 0.15) is 32.1 Å². The minimum absolute atomic E-state index is 0.0523. The van der Waals surface area contributed by atoms with E-state index in [4.69, 9.17) is 14.6 Å². The Kier molecular flexibility index (Phi) is 3.48. The van der Waals surface area contributed by atoms with E-state index in [2.05, 4.69) is 4.98 Å². The molecule has 2 N–H and O–H groups in total. The van der Waals surface area contributed by atoms with Crippen molar-refractivity contribution in [2.45, 2.75) is 6.61 Å². The van der Waals surface area contributed by atoms with E-state index in [-0.39, 0.29) is 23.6 Å². The fraction of sp³-hybridized carbons (Fsp3) is 0.133. The Morgan fingerprint density at radius 2 is 1.91 bits per heavy atom. The monoisotopic (exact) mass is 301 g/mol. The lowest BCUT2D eigenvalue weighted by molar-refractivity contribution is 0.0685. The molecule has 0 amide bonds. The molecule has 1 aromatic heterocycles. The lowest BCUT2D eigenvalue weighted by Gasteiger charge is -2.07. The number of hydrogen-bond donors (Lipinski definition) is 2. The number of carbonyl (C=O) groups is 2. The number of benzene rings is 1. The molecule has 1 aliphatic rings. The average Bonchev–Trinajstić information content (AvgIpc) is 3.01. The maximum absolute atomic E-state index is 12.5. The number of aliphatic hydroxyl groups is 1. The number of fused-ring (bicyclic) bond motifs is 1. The van der Waals surface area contributed by atoms with Gasteiger partial charge in [-0.05, 0) is 30.3 Å². The Labute approximate surface area is 124 Å². The second kappa shape index (κ2) is 5.45. The minimum Gasteiger partial charge on any atom is -0.476 e. The van der Waals surface area contributed by atoms with E-state index < -0.39 is 24.1 Å². The second-order valence-electron chi connectivity index (χ2n) is 4.56. The van der Waals surface area contributed by atoms with Gasteiger partial charge >= 0.3 is 5.97 Å². The normalized spacial score (nSPS) is 12.2. The van der Waals surface area contributed by atoms with Gasteiger partial charge in [-0.15, -0.1) is 0 Å². The maximum Gasteiger partial charge on any atom is 0.355 e. The number of aromatic carboxylic acids is 1. The number of rotatable bonds is 4. The van der Waals surface area contributed by atoms with Crippen molar-refractivity contribution >= 4 is 11.8 Å². The number of aromatic nitrogens is 1. The zero-order valence-corrected chi connectivity index (χ0v) is 11.3. The van der Waals surface area contributed by atoms with E-state index in [1.165, 1.54) is 24.3 Å². The molecule has 22 heavy (non-hydrogen) atoms. The third-order valence-electron chi connectivity index (χ3n) is 3.20. The average molecular weight is 301 g/mol. The van der Waals surface area contributed by atoms with Crippen molar-refractivity contribution in [2.24, 2.45) is 0 Å². The van der Waals surface area contributed by atoms with Gasteiger partial charge in [0.15, 0.2) is 23.0 Å². The molecule has 0 aliphatic carbocycles. The Balaban J connectivity index is 2.03. The third-order valence-corrected chi connectivity index (χ3v) is 3.20. The molecule has 0 bridgehead atoms. The van der Waals surface area contributed by atoms with Gasteiger partial charge in [-0.3, -0.25) is 4.79 Å². The van der Waals surface area contributed by atoms with Crippen LogP contribution in [-0.2, 0) is 6.61 Å². The summed E-state index contributed by atoms with van der Waals surface area (Å²) < 4.78 is 10.4. The first-order valence-electron chi connectivity index (χ1n) is 6.38. The fourth-order valence-electron chi connectivity index (χ4n) is 2.13. The summed E-state index contributed by atoms with van der Waals surface area (Å²) in [6.45, 7) is -0.321. The number of carboxylic acids is 1. The highest BCUT2D eigenvalue weighted by molar-refractivity contribution is 6.13. The van der Waals surface area contributed by atoms with Crippen LogP contribution in [0.4, 0.5) is 0 Å². The molecule has 0 fully saturated rings. The smallest absolute Gasteiger partial charge is 0.355 e. The quantitative estimate of drug-likeness (QED) is 0.818. The van der Waals surface area contributed by atoms with Gasteiger partial charge in [0.1, 0.15) is 0 Å². The summed E-state index contributed by atoms with van der Waals surface area (Å²) in [4.78, 5) is 27.6. The number of pyridine rings is 1. The van der Waals surface area contributed by atoms with Gasteiger partial charge in [0.2, 0.25) is 6.79 Å². The van der Waals surface area contributed by atoms with Gasteiger partial charge in [0.05, 0.1) is 17.9 Å². The fourth-order valence-corrected chi connectivity index (χ4v) is 2.13. The standard InChI is InChI=1S/C15H11NO6/c17-6-9-2-3-10(13(16-9)15(19)20)14(18)8-1-4-11-12(5-8)22-7-21-11/h1-5,17H,6-7H2,(H,19,20). The van der Waals surface area contributed by atoms with Crippen molar-refractivity contribution < 1.29 is 29.3 Å². The van der Waals surface area contributed by atoms with Crippen molar-refractivity contribution in [3.63, 3.8) is 0 Å². The van der Waals surface area contributed by atoms with Crippen molar-refractivity contribution in [1.29, 1.82) is 0 Å². The third kappa shape index (κ3) is 2.38. The summed E-state index contributed by atoms with van der Waals surface area (Å²) in [5, 5.41) is 18.2. The summed E-state index contributed by atoms with van der Waals surface area (Å²) in [5.41, 5.74) is 0.00252. The van der Waals surface area contributed by atoms with Gasteiger partial charge in [0, 0.05) is 5.56 Å². The molecule has 0 atom stereocenters. The van der Waals surface area contributed by atoms with Gasteiger partial charge in [0.25, 0.3) is 0 Å². The van der Waals surface area contributed by atoms with Crippen LogP contribution in [0, 0.1) is 0 Å². The number of nitrogens with zero attached hydrogens (tertiary/aromatic N) is 1. The van der Waals surface area contributed by atoms with Gasteiger partial charge in [-0.25, -0.2) is 9.78 Å². The predicted molar refractivity (Wildman–Crippen MR) is 73.1 cm³/mol. The Bertz CT molecular complexity index is 771. The number of carboxylic acid groups (broad SMARTS) is 1. The first-order chi connectivity index (χ1) is 10.6. The number of hydrogen-bond acceptors (Lipinski definition) is 6. The number of carbonyl (C=O) groups excluding carboxylic acids is 1. The van der Waals surface area contributed by atoms with Gasteiger partial charge < -0.3 is 19.7 Å². The van der Waals surface area contributed by atoms with E-state index in [0.29, 0.717) is 11.5 Å². The summed E-state index contributed by atoms with van der Waals surface area (Å²) in [7, 11) is 0. The molecule has 1 aliphatic heterocycles. The van der Waals surface area contributed by atoms with Crippen LogP contribution in [-0.4, -0.2) is 33.7 Å². The summed E-state index contributed by atoms with van der Waals surface area (Å²) in [6.07, 6.45) is 0. The predicted octanol–water partition coefficient (Wildman–Crippen LogP) is 1.23. The summed E-state index contributed by atoms with van der Waals surface area (Å²) in [6, 6.07) is 7.37. The lowest BCUT2D eigenvalue weighted by atomic mass is 10.0. The van der Waals surface area contributed by atoms with E-state index in [1.807, 2.05) is 0 Å². The van der Waals surface area contributed by atoms with Crippen molar-refractivity contribution in [2.75, 3.05) is 6.79 Å². The molecule has 0 saturated carbocycles. The SMILES string of the molecule is O=C(c1ccc2c(c1)OCO2)c1ccc(CO)nc1C(=O)O. The highest BCUT2D eigenvalue weighted by Gasteiger charge is 2.22. The number of aliphatic hydroxyl groups excluding tert-OH is 1. The summed E-state index contributed by atoms with van der Waals surface area (Å²) in [5.74, 6) is -0.862. The highest BCUT2D eigenvalue weighted by Crippen LogP contribution is 2.33. The van der Waals surface area contributed by atoms with Crippen molar-refractivity contribution in [1.82, 2.24) is 4.98 Å². The molecule has 0 spiro atoms. The molecule has 7 heteroatoms. The first kappa shape index (κ1) is 14.0. The molecule has 0 unspecified atom stereocenters. The van der Waals surface area contributed by atoms with Gasteiger partial charge in [-0.2, -0.15) is 0 Å². The lowest BCUT2D eigenvalue weighted by Crippen LogP contribution is -2.13. The minimum atomic E-state index is -1.33. The van der Waals surface area contributed by atoms with Crippen LogP contribution >= 0.6 is 0 Å². The van der Waals surface area contributed by atoms with E-state index in [0.717, 1.165) is 0 Å². The summed E-state index contributed by atoms with van der Waals surface area (Å²) >= 11 is 0. The van der Waals surface area contributed by atoms with Crippen LogP contribution in [0.5, 0.6) is 11.5 Å². The Hall–Kier alpha value is -2.93. The molecule has 112 valence electrons. The largest absolute Gasteiger partial charge is 0.476 e. The van der Waals surface area contributed by atoms with E-state index >= 15 is 0 Å². The van der Waals surface area contributed by atoms with Crippen molar-refractivity contribution in [3.05, 3.63) is 52.8 Å². The van der Waals surface area contributed by atoms with Crippen LogP contribution < -0.4 is 9.47 Å². The van der Waals surface area contributed by atoms with Crippen molar-refractivity contribution in [3.8, 4) is 11.5 Å². The highest BCUT2D eigenvalue weighted by atomic mass is 16.7. The van der Waals surface area contributed by atoms with Crippen LogP contribution in [0.3, 0.4) is 0 Å². The maximum atomic E-state index is 12.5. The molecule has 2 aromatic rings. The molecular weight excluding hydrogens is 290 g/mol. The topological polar surface area (TPSA) is 106 Å². The molecule has 3 rings (SSSR count). The molecule has 0 saturated heterocycles. The zero-order chi connectivity index (χ0) is 15.7. The molecule has 0 radical (unpaired) electrons. The number of ketones is 1. The van der Waals surface area contributed by atoms with Gasteiger partial charge in [-0.1, -0.05) is 0 Å². The van der Waals surface area contributed by atoms with Crippen LogP contribution in [0.25, 0.3) is 0 Å². The van der Waals surface area contributed by atoms with E-state index in [9.17, 15) is 14.7 Å². The van der Waals surface area contributed by atoms with Crippen LogP contribution in [0.2, 0.25) is 0 Å². The Morgan fingerprint density at radius 1 is 1.14 bits per heavy atom. The molecule has 7 nitrogen and oxygen atoms in total. The van der Waals surface area contributed by atoms with Crippen LogP contribution in [0.15, 0.2) is 30.3 Å². The number of ether oxygens (including phenoxy) is 2. The first-order valence-corrected chi connectivity index (χ1v) is 6.38. The molecule has 1 aromatic carbocycles. The van der Waals surface area contributed by atoms with E-state index in [1.54, 1.807) is 6.07 Å². The second-order valence-corrected chi connectivity index (χ2v) is 4.56.